The van der Waals surface area contributed by atoms with Crippen molar-refractivity contribution in [3.05, 3.63) is 59.1 Å². The van der Waals surface area contributed by atoms with Crippen LogP contribution in [0.2, 0.25) is 0 Å². The molecule has 136 valence electrons. The second kappa shape index (κ2) is 6.47. The summed E-state index contributed by atoms with van der Waals surface area (Å²) in [7, 11) is 0. The quantitative estimate of drug-likeness (QED) is 0.552. The number of rotatable bonds is 3. The van der Waals surface area contributed by atoms with Crippen LogP contribution >= 0.6 is 11.3 Å². The summed E-state index contributed by atoms with van der Waals surface area (Å²) in [5.74, 6) is -0.454. The Bertz CT molecular complexity index is 1120. The summed E-state index contributed by atoms with van der Waals surface area (Å²) in [4.78, 5) is 16.4. The van der Waals surface area contributed by atoms with Gasteiger partial charge in [0.1, 0.15) is 0 Å². The maximum absolute atomic E-state index is 12.6. The number of anilines is 1. The highest BCUT2D eigenvalue weighted by molar-refractivity contribution is 7.16. The third-order valence-corrected chi connectivity index (χ3v) is 4.49. The van der Waals surface area contributed by atoms with Gasteiger partial charge in [0.05, 0.1) is 21.3 Å². The number of aromatic nitrogens is 3. The normalized spacial score (nSPS) is 11.7. The Kier molecular flexibility index (Phi) is 4.11. The number of benzene rings is 2. The first-order chi connectivity index (χ1) is 12.9. The van der Waals surface area contributed by atoms with Crippen molar-refractivity contribution in [2.45, 2.75) is 6.18 Å². The molecule has 0 unspecified atom stereocenters. The Balaban J connectivity index is 1.51. The number of amides is 1. The van der Waals surface area contributed by atoms with Crippen LogP contribution in [0.5, 0.6) is 0 Å². The third-order valence-electron chi connectivity index (χ3n) is 3.70. The number of hydrogen-bond acceptors (Lipinski definition) is 6. The second-order valence-corrected chi connectivity index (χ2v) is 6.36. The molecule has 0 atom stereocenters. The van der Waals surface area contributed by atoms with E-state index in [4.69, 9.17) is 4.42 Å². The Hall–Kier alpha value is -3.27. The highest BCUT2D eigenvalue weighted by atomic mass is 32.1. The molecule has 0 saturated heterocycles. The fraction of sp³-hybridized carbons (Fsp3) is 0.0588. The van der Waals surface area contributed by atoms with E-state index in [1.54, 1.807) is 23.7 Å². The number of hydrogen-bond donors (Lipinski definition) is 1. The molecule has 0 aliphatic carbocycles. The van der Waals surface area contributed by atoms with Crippen molar-refractivity contribution in [3.8, 4) is 11.5 Å². The van der Waals surface area contributed by atoms with Crippen molar-refractivity contribution in [2.75, 3.05) is 5.32 Å². The monoisotopic (exact) mass is 390 g/mol. The molecule has 0 bridgehead atoms. The van der Waals surface area contributed by atoms with Crippen LogP contribution in [0.3, 0.4) is 0 Å². The van der Waals surface area contributed by atoms with Gasteiger partial charge >= 0.3 is 12.2 Å². The molecule has 2 heterocycles. The maximum atomic E-state index is 12.6. The van der Waals surface area contributed by atoms with Gasteiger partial charge in [0, 0.05) is 11.1 Å². The van der Waals surface area contributed by atoms with Gasteiger partial charge in [0.25, 0.3) is 5.91 Å². The van der Waals surface area contributed by atoms with E-state index in [2.05, 4.69) is 20.5 Å². The molecular weight excluding hydrogens is 381 g/mol. The molecule has 1 N–H and O–H groups in total. The van der Waals surface area contributed by atoms with E-state index in [0.29, 0.717) is 11.1 Å². The van der Waals surface area contributed by atoms with Gasteiger partial charge in [-0.1, -0.05) is 5.10 Å². The summed E-state index contributed by atoms with van der Waals surface area (Å²) in [6, 6.07) is 9.16. The zero-order chi connectivity index (χ0) is 19.0. The lowest BCUT2D eigenvalue weighted by Gasteiger charge is -2.05. The highest BCUT2D eigenvalue weighted by Crippen LogP contribution is 2.31. The molecule has 4 aromatic rings. The van der Waals surface area contributed by atoms with Gasteiger partial charge in [0.2, 0.25) is 5.89 Å². The molecule has 0 aliphatic rings. The van der Waals surface area contributed by atoms with Gasteiger partial charge in [-0.25, -0.2) is 4.98 Å². The summed E-state index contributed by atoms with van der Waals surface area (Å²) < 4.78 is 44.0. The second-order valence-electron chi connectivity index (χ2n) is 5.48. The van der Waals surface area contributed by atoms with Crippen LogP contribution in [0.15, 0.2) is 52.4 Å². The molecular formula is C17H9F3N4O2S. The van der Waals surface area contributed by atoms with Gasteiger partial charge in [-0.2, -0.15) is 13.2 Å². The first-order valence-electron chi connectivity index (χ1n) is 7.56. The van der Waals surface area contributed by atoms with E-state index in [-0.39, 0.29) is 11.9 Å². The first kappa shape index (κ1) is 17.2. The predicted octanol–water partition coefficient (Wildman–Crippen LogP) is 4.62. The molecule has 0 saturated carbocycles. The topological polar surface area (TPSA) is 80.9 Å². The maximum Gasteiger partial charge on any atom is 0.416 e. The summed E-state index contributed by atoms with van der Waals surface area (Å²) in [6.07, 6.45) is -4.42. The van der Waals surface area contributed by atoms with Crippen molar-refractivity contribution in [1.29, 1.82) is 0 Å². The smallest absolute Gasteiger partial charge is 0.403 e. The molecule has 10 heteroatoms. The van der Waals surface area contributed by atoms with Crippen LogP contribution < -0.4 is 5.32 Å². The number of nitrogens with one attached hydrogen (secondary N) is 1. The van der Waals surface area contributed by atoms with E-state index >= 15 is 0 Å². The molecule has 0 radical (unpaired) electrons. The number of fused-ring (bicyclic) bond motifs is 1. The number of alkyl halides is 3. The Labute approximate surface area is 153 Å². The van der Waals surface area contributed by atoms with Crippen LogP contribution in [-0.2, 0) is 6.18 Å². The van der Waals surface area contributed by atoms with Gasteiger partial charge in [-0.15, -0.1) is 16.4 Å². The van der Waals surface area contributed by atoms with Crippen LogP contribution in [-0.4, -0.2) is 21.1 Å². The molecule has 1 amide bonds. The number of carbonyl (C=O) groups is 1. The van der Waals surface area contributed by atoms with E-state index in [0.717, 1.165) is 22.3 Å². The van der Waals surface area contributed by atoms with Gasteiger partial charge in [-0.05, 0) is 42.5 Å². The van der Waals surface area contributed by atoms with Gasteiger partial charge in [0.15, 0.2) is 0 Å². The molecule has 6 nitrogen and oxygen atoms in total. The summed E-state index contributed by atoms with van der Waals surface area (Å²) in [6.45, 7) is 0. The van der Waals surface area contributed by atoms with E-state index in [9.17, 15) is 18.0 Å². The van der Waals surface area contributed by atoms with Crippen molar-refractivity contribution >= 4 is 33.5 Å². The standard InChI is InChI=1S/C17H9F3N4O2S/c18-17(19,20)11-4-1-9(2-5-11)15-23-24-16(26-15)22-14(25)10-3-6-12-13(7-10)27-8-21-12/h1-8H,(H,22,24,25). The predicted molar refractivity (Wildman–Crippen MR) is 92.3 cm³/mol. The zero-order valence-electron chi connectivity index (χ0n) is 13.3. The van der Waals surface area contributed by atoms with Crippen LogP contribution in [0.4, 0.5) is 19.2 Å². The molecule has 0 aliphatic heterocycles. The lowest BCUT2D eigenvalue weighted by Crippen LogP contribution is -2.11. The minimum absolute atomic E-state index is 0.00284. The van der Waals surface area contributed by atoms with E-state index in [1.807, 2.05) is 0 Å². The van der Waals surface area contributed by atoms with Crippen molar-refractivity contribution in [1.82, 2.24) is 15.2 Å². The summed E-state index contributed by atoms with van der Waals surface area (Å²) in [5, 5.41) is 9.91. The molecule has 0 spiro atoms. The van der Waals surface area contributed by atoms with Gasteiger partial charge in [-0.3, -0.25) is 10.1 Å². The molecule has 0 fully saturated rings. The summed E-state index contributed by atoms with van der Waals surface area (Å²) in [5.41, 5.74) is 2.39. The Morgan fingerprint density at radius 3 is 2.59 bits per heavy atom. The lowest BCUT2D eigenvalue weighted by molar-refractivity contribution is -0.137. The number of thiazole rings is 1. The van der Waals surface area contributed by atoms with Crippen LogP contribution in [0, 0.1) is 0 Å². The first-order valence-corrected chi connectivity index (χ1v) is 8.44. The number of carbonyl (C=O) groups excluding carboxylic acids is 1. The summed E-state index contributed by atoms with van der Waals surface area (Å²) >= 11 is 1.41. The van der Waals surface area contributed by atoms with Crippen molar-refractivity contribution in [3.63, 3.8) is 0 Å². The molecule has 27 heavy (non-hydrogen) atoms. The molecule has 2 aromatic carbocycles. The fourth-order valence-corrected chi connectivity index (χ4v) is 3.07. The number of halogens is 3. The van der Waals surface area contributed by atoms with Crippen LogP contribution in [0.25, 0.3) is 21.7 Å². The average molecular weight is 390 g/mol. The van der Waals surface area contributed by atoms with Crippen molar-refractivity contribution in [2.24, 2.45) is 0 Å². The molecule has 4 rings (SSSR count). The Morgan fingerprint density at radius 1 is 1.07 bits per heavy atom. The highest BCUT2D eigenvalue weighted by Gasteiger charge is 2.30. The lowest BCUT2D eigenvalue weighted by atomic mass is 10.1. The average Bonchev–Trinajstić information content (AvgIpc) is 3.29. The third kappa shape index (κ3) is 3.51. The van der Waals surface area contributed by atoms with E-state index in [1.165, 1.54) is 23.5 Å². The minimum atomic E-state index is -4.42. The van der Waals surface area contributed by atoms with Crippen LogP contribution in [0.1, 0.15) is 15.9 Å². The zero-order valence-corrected chi connectivity index (χ0v) is 14.1. The SMILES string of the molecule is O=C(Nc1nnc(-c2ccc(C(F)(F)F)cc2)o1)c1ccc2ncsc2c1. The minimum Gasteiger partial charge on any atom is -0.403 e. The Morgan fingerprint density at radius 2 is 1.85 bits per heavy atom. The number of nitrogens with zero attached hydrogens (tertiary/aromatic N) is 3. The fourth-order valence-electron chi connectivity index (χ4n) is 2.36. The van der Waals surface area contributed by atoms with Crippen molar-refractivity contribution < 1.29 is 22.4 Å². The molecule has 2 aromatic heterocycles. The van der Waals surface area contributed by atoms with Gasteiger partial charge < -0.3 is 4.42 Å². The van der Waals surface area contributed by atoms with E-state index < -0.39 is 17.6 Å². The largest absolute Gasteiger partial charge is 0.416 e.